The molecule has 224 valence electrons. The summed E-state index contributed by atoms with van der Waals surface area (Å²) in [5, 5.41) is 0.896. The number of aromatic nitrogens is 2. The molecule has 4 aromatic rings. The van der Waals surface area contributed by atoms with Gasteiger partial charge in [0.05, 0.1) is 46.6 Å². The van der Waals surface area contributed by atoms with E-state index < -0.39 is 12.0 Å². The Morgan fingerprint density at radius 2 is 1.86 bits per heavy atom. The first kappa shape index (κ1) is 30.5. The number of carbonyl (C=O) groups is 2. The molecule has 3 heterocycles. The van der Waals surface area contributed by atoms with Gasteiger partial charge in [0, 0.05) is 22.7 Å². The molecule has 0 unspecified atom stereocenters. The predicted octanol–water partition coefficient (Wildman–Crippen LogP) is 4.87. The summed E-state index contributed by atoms with van der Waals surface area (Å²) in [6, 6.07) is 12.5. The summed E-state index contributed by atoms with van der Waals surface area (Å²) < 4.78 is 20.6. The third-order valence-electron chi connectivity index (χ3n) is 7.09. The van der Waals surface area contributed by atoms with Crippen molar-refractivity contribution in [1.29, 1.82) is 0 Å². The van der Waals surface area contributed by atoms with Gasteiger partial charge < -0.3 is 18.8 Å². The Bertz CT molecular complexity index is 1920. The van der Waals surface area contributed by atoms with Gasteiger partial charge in [-0.25, -0.2) is 9.79 Å². The summed E-state index contributed by atoms with van der Waals surface area (Å²) in [5.41, 5.74) is 3.04. The van der Waals surface area contributed by atoms with Crippen molar-refractivity contribution in [2.75, 3.05) is 20.3 Å². The van der Waals surface area contributed by atoms with Crippen LogP contribution >= 0.6 is 27.3 Å². The number of hydrogen-bond acceptors (Lipinski definition) is 8. The molecular formula is C32H32BrN3O6S. The van der Waals surface area contributed by atoms with Gasteiger partial charge in [-0.1, -0.05) is 48.9 Å². The van der Waals surface area contributed by atoms with Crippen LogP contribution in [0.15, 0.2) is 74.2 Å². The third-order valence-corrected chi connectivity index (χ3v) is 8.70. The van der Waals surface area contributed by atoms with Gasteiger partial charge in [0.1, 0.15) is 12.3 Å². The van der Waals surface area contributed by atoms with Crippen LogP contribution in [0.1, 0.15) is 50.8 Å². The number of para-hydroxylation sites is 1. The minimum atomic E-state index is -0.744. The van der Waals surface area contributed by atoms with Crippen LogP contribution in [0.5, 0.6) is 5.75 Å². The monoisotopic (exact) mass is 665 g/mol. The lowest BCUT2D eigenvalue weighted by molar-refractivity contribution is -0.143. The molecule has 0 aliphatic carbocycles. The number of carbonyl (C=O) groups excluding carboxylic acids is 2. The fraction of sp³-hybridized carbons (Fsp3) is 0.312. The number of esters is 2. The lowest BCUT2D eigenvalue weighted by Crippen LogP contribution is -2.40. The standard InChI is InChI=1S/C32H32BrN3O6S/c1-5-10-23-28(31(39)42-7-3)29(19-13-14-25(40-4)22(33)15-19)36-30(38)26(43-32(36)34-23)16-20-17-35(18-27(37)41-6-2)24-12-9-8-11-21(20)24/h8-9,11-17,29H,5-7,10,18H2,1-4H3/b26-16-/t29-/m1/s1. The first-order valence-electron chi connectivity index (χ1n) is 14.1. The summed E-state index contributed by atoms with van der Waals surface area (Å²) in [4.78, 5) is 45.3. The molecule has 0 amide bonds. The second kappa shape index (κ2) is 13.1. The van der Waals surface area contributed by atoms with Crippen molar-refractivity contribution < 1.29 is 23.8 Å². The molecule has 1 atom stereocenters. The molecule has 5 rings (SSSR count). The zero-order valence-corrected chi connectivity index (χ0v) is 26.8. The van der Waals surface area contributed by atoms with Crippen molar-refractivity contribution in [3.05, 3.63) is 95.2 Å². The number of ether oxygens (including phenoxy) is 3. The average Bonchev–Trinajstić information content (AvgIpc) is 3.49. The van der Waals surface area contributed by atoms with E-state index in [-0.39, 0.29) is 24.7 Å². The van der Waals surface area contributed by atoms with Gasteiger partial charge in [-0.3, -0.25) is 14.2 Å². The number of thiazole rings is 1. The largest absolute Gasteiger partial charge is 0.496 e. The number of fused-ring (bicyclic) bond motifs is 2. The maximum absolute atomic E-state index is 14.2. The van der Waals surface area contributed by atoms with E-state index in [0.29, 0.717) is 43.9 Å². The van der Waals surface area contributed by atoms with E-state index in [4.69, 9.17) is 19.2 Å². The Kier molecular flexibility index (Phi) is 9.31. The van der Waals surface area contributed by atoms with E-state index in [9.17, 15) is 14.4 Å². The number of allylic oxidation sites excluding steroid dienone is 1. The number of benzene rings is 2. The number of halogens is 1. The molecular weight excluding hydrogens is 634 g/mol. The van der Waals surface area contributed by atoms with Crippen LogP contribution < -0.4 is 19.6 Å². The zero-order chi connectivity index (χ0) is 30.7. The van der Waals surface area contributed by atoms with Gasteiger partial charge in [0.25, 0.3) is 5.56 Å². The fourth-order valence-electron chi connectivity index (χ4n) is 5.30. The molecule has 0 saturated heterocycles. The molecule has 0 fully saturated rings. The molecule has 0 radical (unpaired) electrons. The van der Waals surface area contributed by atoms with Crippen LogP contribution in [0.2, 0.25) is 0 Å². The highest BCUT2D eigenvalue weighted by molar-refractivity contribution is 9.10. The minimum absolute atomic E-state index is 0.0546. The number of rotatable bonds is 10. The van der Waals surface area contributed by atoms with Crippen LogP contribution in [-0.2, 0) is 25.6 Å². The van der Waals surface area contributed by atoms with E-state index in [0.717, 1.165) is 28.5 Å². The predicted molar refractivity (Wildman–Crippen MR) is 169 cm³/mol. The summed E-state index contributed by atoms with van der Waals surface area (Å²) >= 11 is 4.83. The first-order valence-corrected chi connectivity index (χ1v) is 15.7. The fourth-order valence-corrected chi connectivity index (χ4v) is 6.87. The van der Waals surface area contributed by atoms with Gasteiger partial charge in [-0.15, -0.1) is 0 Å². The van der Waals surface area contributed by atoms with Gasteiger partial charge in [-0.05, 0) is 66.0 Å². The maximum Gasteiger partial charge on any atom is 0.338 e. The third kappa shape index (κ3) is 5.96. The summed E-state index contributed by atoms with van der Waals surface area (Å²) in [7, 11) is 1.58. The molecule has 1 aliphatic rings. The van der Waals surface area contributed by atoms with Gasteiger partial charge in [0.2, 0.25) is 0 Å². The highest BCUT2D eigenvalue weighted by atomic mass is 79.9. The van der Waals surface area contributed by atoms with Crippen molar-refractivity contribution in [2.45, 2.75) is 46.2 Å². The SMILES string of the molecule is CCCC1=C(C(=O)OCC)[C@@H](c2ccc(OC)c(Br)c2)n2c(s/c(=C\c3cn(CC(=O)OCC)c4ccccc34)c2=O)=N1. The molecule has 0 spiro atoms. The van der Waals surface area contributed by atoms with Gasteiger partial charge in [-0.2, -0.15) is 0 Å². The average molecular weight is 667 g/mol. The van der Waals surface area contributed by atoms with Crippen LogP contribution in [0.3, 0.4) is 0 Å². The molecule has 2 aromatic carbocycles. The molecule has 1 aliphatic heterocycles. The van der Waals surface area contributed by atoms with Gasteiger partial charge >= 0.3 is 11.9 Å². The number of methoxy groups -OCH3 is 1. The number of hydrogen-bond donors (Lipinski definition) is 0. The highest BCUT2D eigenvalue weighted by Crippen LogP contribution is 2.36. The van der Waals surface area contributed by atoms with Crippen molar-refractivity contribution in [3.8, 4) is 5.75 Å². The van der Waals surface area contributed by atoms with E-state index in [1.807, 2.05) is 60.2 Å². The first-order chi connectivity index (χ1) is 20.8. The smallest absolute Gasteiger partial charge is 0.338 e. The molecule has 11 heteroatoms. The zero-order valence-electron chi connectivity index (χ0n) is 24.4. The lowest BCUT2D eigenvalue weighted by atomic mass is 9.94. The Balaban J connectivity index is 1.73. The normalized spacial score (nSPS) is 14.9. The Morgan fingerprint density at radius 3 is 2.56 bits per heavy atom. The summed E-state index contributed by atoms with van der Waals surface area (Å²) in [6.07, 6.45) is 4.98. The van der Waals surface area contributed by atoms with Crippen molar-refractivity contribution in [1.82, 2.24) is 9.13 Å². The maximum atomic E-state index is 14.2. The second-order valence-corrected chi connectivity index (χ2v) is 11.7. The van der Waals surface area contributed by atoms with E-state index >= 15 is 0 Å². The van der Waals surface area contributed by atoms with Crippen LogP contribution in [-0.4, -0.2) is 41.4 Å². The number of nitrogens with zero attached hydrogens (tertiary/aromatic N) is 3. The molecule has 0 saturated carbocycles. The molecule has 2 aromatic heterocycles. The minimum Gasteiger partial charge on any atom is -0.496 e. The van der Waals surface area contributed by atoms with E-state index in [1.54, 1.807) is 31.6 Å². The van der Waals surface area contributed by atoms with Crippen molar-refractivity contribution >= 4 is 56.2 Å². The van der Waals surface area contributed by atoms with E-state index in [2.05, 4.69) is 15.9 Å². The van der Waals surface area contributed by atoms with Crippen molar-refractivity contribution in [3.63, 3.8) is 0 Å². The van der Waals surface area contributed by atoms with E-state index in [1.165, 1.54) is 11.3 Å². The van der Waals surface area contributed by atoms with Crippen LogP contribution in [0.25, 0.3) is 17.0 Å². The van der Waals surface area contributed by atoms with Crippen molar-refractivity contribution in [2.24, 2.45) is 4.99 Å². The Hall–Kier alpha value is -3.96. The van der Waals surface area contributed by atoms with Crippen LogP contribution in [0, 0.1) is 0 Å². The summed E-state index contributed by atoms with van der Waals surface area (Å²) in [5.74, 6) is -0.205. The summed E-state index contributed by atoms with van der Waals surface area (Å²) in [6.45, 7) is 6.09. The Labute approximate surface area is 260 Å². The molecule has 9 nitrogen and oxygen atoms in total. The molecule has 0 N–H and O–H groups in total. The van der Waals surface area contributed by atoms with Gasteiger partial charge in [0.15, 0.2) is 4.80 Å². The highest BCUT2D eigenvalue weighted by Gasteiger charge is 2.34. The van der Waals surface area contributed by atoms with Crippen LogP contribution in [0.4, 0.5) is 0 Å². The quantitative estimate of drug-likeness (QED) is 0.224. The lowest BCUT2D eigenvalue weighted by Gasteiger charge is -2.26. The molecule has 0 bridgehead atoms. The molecule has 43 heavy (non-hydrogen) atoms. The second-order valence-electron chi connectivity index (χ2n) is 9.84. The topological polar surface area (TPSA) is 101 Å². The Morgan fingerprint density at radius 1 is 1.09 bits per heavy atom.